The van der Waals surface area contributed by atoms with Gasteiger partial charge in [0, 0.05) is 32.4 Å². The number of nitrogens with zero attached hydrogens (tertiary/aromatic N) is 2. The van der Waals surface area contributed by atoms with Gasteiger partial charge in [-0.3, -0.25) is 0 Å². The molecule has 0 aliphatic rings. The maximum atomic E-state index is 12.7. The first-order valence-corrected chi connectivity index (χ1v) is 10.2. The minimum atomic E-state index is -3.61. The van der Waals surface area contributed by atoms with Gasteiger partial charge in [0.15, 0.2) is 0 Å². The highest BCUT2D eigenvalue weighted by Crippen LogP contribution is 2.23. The van der Waals surface area contributed by atoms with Crippen LogP contribution in [0.3, 0.4) is 0 Å². The summed E-state index contributed by atoms with van der Waals surface area (Å²) in [5.74, 6) is 0.668. The first-order chi connectivity index (χ1) is 12.7. The fourth-order valence-electron chi connectivity index (χ4n) is 2.88. The number of rotatable bonds is 8. The van der Waals surface area contributed by atoms with Crippen LogP contribution in [0.15, 0.2) is 47.4 Å². The molecule has 1 N–H and O–H groups in total. The highest BCUT2D eigenvalue weighted by molar-refractivity contribution is 7.89. The van der Waals surface area contributed by atoms with Crippen molar-refractivity contribution in [3.05, 3.63) is 53.6 Å². The topological polar surface area (TPSA) is 61.9 Å². The van der Waals surface area contributed by atoms with Crippen LogP contribution < -0.4 is 14.4 Å². The van der Waals surface area contributed by atoms with Crippen LogP contribution in [0.25, 0.3) is 0 Å². The van der Waals surface area contributed by atoms with Gasteiger partial charge in [-0.1, -0.05) is 12.1 Å². The van der Waals surface area contributed by atoms with Crippen molar-refractivity contribution in [2.45, 2.75) is 17.9 Å². The Morgan fingerprint density at radius 3 is 2.15 bits per heavy atom. The Balaban J connectivity index is 2.18. The van der Waals surface area contributed by atoms with E-state index in [1.165, 1.54) is 0 Å². The molecule has 2 aromatic carbocycles. The lowest BCUT2D eigenvalue weighted by Gasteiger charge is -2.26. The number of nitrogens with one attached hydrogen (secondary N) is 1. The Kier molecular flexibility index (Phi) is 6.86. The van der Waals surface area contributed by atoms with E-state index < -0.39 is 10.0 Å². The van der Waals surface area contributed by atoms with E-state index in [4.69, 9.17) is 4.74 Å². The van der Waals surface area contributed by atoms with Crippen molar-refractivity contribution in [3.8, 4) is 5.75 Å². The number of sulfonamides is 1. The number of anilines is 1. The molecule has 0 saturated carbocycles. The molecule has 0 aliphatic heterocycles. The third-order valence-electron chi connectivity index (χ3n) is 4.56. The van der Waals surface area contributed by atoms with E-state index in [0.29, 0.717) is 5.75 Å². The molecular formula is C20H29N3O3S. The van der Waals surface area contributed by atoms with Crippen LogP contribution >= 0.6 is 0 Å². The maximum absolute atomic E-state index is 12.7. The molecule has 2 aromatic rings. The summed E-state index contributed by atoms with van der Waals surface area (Å²) < 4.78 is 33.4. The Hall–Kier alpha value is -2.09. The van der Waals surface area contributed by atoms with E-state index in [-0.39, 0.29) is 17.5 Å². The molecule has 6 nitrogen and oxygen atoms in total. The van der Waals surface area contributed by atoms with Gasteiger partial charge < -0.3 is 14.5 Å². The van der Waals surface area contributed by atoms with Gasteiger partial charge in [-0.15, -0.1) is 0 Å². The first kappa shape index (κ1) is 21.2. The molecular weight excluding hydrogens is 362 g/mol. The number of aryl methyl sites for hydroxylation is 1. The Morgan fingerprint density at radius 2 is 1.67 bits per heavy atom. The zero-order valence-corrected chi connectivity index (χ0v) is 17.7. The molecule has 0 fully saturated rings. The molecule has 0 bridgehead atoms. The Labute approximate surface area is 162 Å². The van der Waals surface area contributed by atoms with E-state index in [1.54, 1.807) is 25.3 Å². The van der Waals surface area contributed by atoms with Crippen molar-refractivity contribution in [2.75, 3.05) is 46.7 Å². The summed E-state index contributed by atoms with van der Waals surface area (Å²) in [7, 11) is 5.82. The molecule has 0 aliphatic carbocycles. The smallest absolute Gasteiger partial charge is 0.240 e. The first-order valence-electron chi connectivity index (χ1n) is 8.73. The van der Waals surface area contributed by atoms with Crippen LogP contribution in [0.5, 0.6) is 5.75 Å². The van der Waals surface area contributed by atoms with Gasteiger partial charge in [0.2, 0.25) is 10.0 Å². The molecule has 0 unspecified atom stereocenters. The Morgan fingerprint density at radius 1 is 1.04 bits per heavy atom. The van der Waals surface area contributed by atoms with Crippen molar-refractivity contribution in [1.82, 2.24) is 9.62 Å². The van der Waals surface area contributed by atoms with Crippen molar-refractivity contribution >= 4 is 15.7 Å². The van der Waals surface area contributed by atoms with Gasteiger partial charge in [-0.25, -0.2) is 13.1 Å². The van der Waals surface area contributed by atoms with Gasteiger partial charge in [0.25, 0.3) is 0 Å². The van der Waals surface area contributed by atoms with Crippen molar-refractivity contribution < 1.29 is 13.2 Å². The molecule has 148 valence electrons. The number of methoxy groups -OCH3 is 1. The largest absolute Gasteiger partial charge is 0.496 e. The van der Waals surface area contributed by atoms with Crippen molar-refractivity contribution in [3.63, 3.8) is 0 Å². The van der Waals surface area contributed by atoms with Gasteiger partial charge in [0.1, 0.15) is 5.75 Å². The molecule has 1 atom stereocenters. The molecule has 0 spiro atoms. The minimum Gasteiger partial charge on any atom is -0.496 e. The van der Waals surface area contributed by atoms with Crippen LogP contribution in [0.4, 0.5) is 5.69 Å². The van der Waals surface area contributed by atoms with Crippen molar-refractivity contribution in [2.24, 2.45) is 0 Å². The third-order valence-corrected chi connectivity index (χ3v) is 5.98. The summed E-state index contributed by atoms with van der Waals surface area (Å²) in [6.07, 6.45) is 0. The highest BCUT2D eigenvalue weighted by Gasteiger charge is 2.20. The normalized spacial score (nSPS) is 12.9. The summed E-state index contributed by atoms with van der Waals surface area (Å²) in [6, 6.07) is 12.9. The monoisotopic (exact) mass is 391 g/mol. The lowest BCUT2D eigenvalue weighted by molar-refractivity contribution is 0.299. The second kappa shape index (κ2) is 8.73. The number of hydrogen-bond acceptors (Lipinski definition) is 5. The van der Waals surface area contributed by atoms with E-state index in [0.717, 1.165) is 16.8 Å². The van der Waals surface area contributed by atoms with E-state index in [9.17, 15) is 8.42 Å². The number of hydrogen-bond donors (Lipinski definition) is 1. The van der Waals surface area contributed by atoms with Crippen molar-refractivity contribution in [1.29, 1.82) is 0 Å². The number of likely N-dealkylation sites (N-methyl/N-ethyl adjacent to an activating group) is 1. The molecule has 0 saturated heterocycles. The Bertz CT molecular complexity index is 863. The predicted octanol–water partition coefficient (Wildman–Crippen LogP) is 2.65. The van der Waals surface area contributed by atoms with Crippen LogP contribution in [0, 0.1) is 6.92 Å². The highest BCUT2D eigenvalue weighted by atomic mass is 32.2. The molecule has 2 rings (SSSR count). The van der Waals surface area contributed by atoms with Crippen LogP contribution in [-0.2, 0) is 10.0 Å². The van der Waals surface area contributed by atoms with Gasteiger partial charge >= 0.3 is 0 Å². The third kappa shape index (κ3) is 5.22. The fourth-order valence-corrected chi connectivity index (χ4v) is 4.01. The van der Waals surface area contributed by atoms with Gasteiger partial charge in [-0.2, -0.15) is 0 Å². The second-order valence-corrected chi connectivity index (χ2v) is 8.72. The molecule has 0 aromatic heterocycles. The van der Waals surface area contributed by atoms with Gasteiger partial charge in [0.05, 0.1) is 12.0 Å². The van der Waals surface area contributed by atoms with Crippen LogP contribution in [-0.4, -0.2) is 55.2 Å². The summed E-state index contributed by atoms with van der Waals surface area (Å²) >= 11 is 0. The number of benzene rings is 2. The van der Waals surface area contributed by atoms with E-state index >= 15 is 0 Å². The minimum absolute atomic E-state index is 0.0738. The average Bonchev–Trinajstić information content (AvgIpc) is 2.61. The maximum Gasteiger partial charge on any atom is 0.240 e. The summed E-state index contributed by atoms with van der Waals surface area (Å²) in [4.78, 5) is 4.27. The lowest BCUT2D eigenvalue weighted by Crippen LogP contribution is -2.34. The molecule has 7 heteroatoms. The quantitative estimate of drug-likeness (QED) is 0.750. The molecule has 0 amide bonds. The molecule has 0 heterocycles. The average molecular weight is 392 g/mol. The van der Waals surface area contributed by atoms with E-state index in [2.05, 4.69) is 4.72 Å². The lowest BCUT2D eigenvalue weighted by atomic mass is 10.1. The molecule has 27 heavy (non-hydrogen) atoms. The summed E-state index contributed by atoms with van der Waals surface area (Å²) in [5.41, 5.74) is 2.94. The standard InChI is InChI=1S/C20H29N3O3S/c1-15-13-18(11-12-20(15)26-6)27(24,25)21-14-19(23(4)5)16-7-9-17(10-8-16)22(2)3/h7-13,19,21H,14H2,1-6H3/t19-/m0/s1. The summed E-state index contributed by atoms with van der Waals surface area (Å²) in [6.45, 7) is 2.11. The summed E-state index contributed by atoms with van der Waals surface area (Å²) in [5, 5.41) is 0. The van der Waals surface area contributed by atoms with Gasteiger partial charge in [-0.05, 0) is 62.5 Å². The zero-order chi connectivity index (χ0) is 20.2. The predicted molar refractivity (Wildman–Crippen MR) is 110 cm³/mol. The number of ether oxygens (including phenoxy) is 1. The fraction of sp³-hybridized carbons (Fsp3) is 0.400. The second-order valence-electron chi connectivity index (χ2n) is 6.95. The van der Waals surface area contributed by atoms with Crippen LogP contribution in [0.2, 0.25) is 0 Å². The zero-order valence-electron chi connectivity index (χ0n) is 16.9. The van der Waals surface area contributed by atoms with Crippen LogP contribution in [0.1, 0.15) is 17.2 Å². The van der Waals surface area contributed by atoms with E-state index in [1.807, 2.05) is 69.2 Å². The molecule has 0 radical (unpaired) electrons. The SMILES string of the molecule is COc1ccc(S(=O)(=O)NC[C@@H](c2ccc(N(C)C)cc2)N(C)C)cc1C.